The molecule has 10 heteroatoms. The molecule has 152 valence electrons. The number of carbonyl (C=O) groups is 1. The van der Waals surface area contributed by atoms with Gasteiger partial charge in [-0.2, -0.15) is 9.57 Å². The summed E-state index contributed by atoms with van der Waals surface area (Å²) in [6.07, 6.45) is 0.553. The van der Waals surface area contributed by atoms with Gasteiger partial charge >= 0.3 is 0 Å². The van der Waals surface area contributed by atoms with Gasteiger partial charge in [0.2, 0.25) is 15.9 Å². The third-order valence-electron chi connectivity index (χ3n) is 4.71. The molecule has 0 unspecified atom stereocenters. The zero-order chi connectivity index (χ0) is 21.2. The van der Waals surface area contributed by atoms with Gasteiger partial charge in [-0.1, -0.05) is 11.6 Å². The first-order valence-electron chi connectivity index (χ1n) is 8.68. The van der Waals surface area contributed by atoms with E-state index in [0.29, 0.717) is 17.3 Å². The molecule has 0 aliphatic carbocycles. The first-order chi connectivity index (χ1) is 13.7. The summed E-state index contributed by atoms with van der Waals surface area (Å²) in [7, 11) is -3.98. The highest BCUT2D eigenvalue weighted by molar-refractivity contribution is 7.89. The Morgan fingerprint density at radius 3 is 2.41 bits per heavy atom. The first kappa shape index (κ1) is 21.2. The standard InChI is InChI=1S/C19H16ClF2N3O3S/c20-16-9-14(2-1-13(16)11-23)24-19(26)12-5-7-25(8-6-12)29(27,28)15-3-4-17(21)18(22)10-15/h1-4,9-10,12H,5-8H2,(H,24,26). The minimum absolute atomic E-state index is 0.0769. The number of carbonyl (C=O) groups excluding carboxylic acids is 1. The molecule has 1 N–H and O–H groups in total. The summed E-state index contributed by atoms with van der Waals surface area (Å²) in [5, 5.41) is 11.8. The van der Waals surface area contributed by atoms with Gasteiger partial charge in [0.15, 0.2) is 11.6 Å². The van der Waals surface area contributed by atoms with Crippen LogP contribution >= 0.6 is 11.6 Å². The van der Waals surface area contributed by atoms with E-state index >= 15 is 0 Å². The van der Waals surface area contributed by atoms with Crippen molar-refractivity contribution in [1.29, 1.82) is 5.26 Å². The van der Waals surface area contributed by atoms with Gasteiger partial charge in [0.25, 0.3) is 0 Å². The van der Waals surface area contributed by atoms with Crippen LogP contribution in [-0.4, -0.2) is 31.7 Å². The fraction of sp³-hybridized carbons (Fsp3) is 0.263. The number of nitriles is 1. The molecule has 1 saturated heterocycles. The van der Waals surface area contributed by atoms with Crippen molar-refractivity contribution in [2.75, 3.05) is 18.4 Å². The van der Waals surface area contributed by atoms with E-state index in [9.17, 15) is 22.0 Å². The van der Waals surface area contributed by atoms with Crippen molar-refractivity contribution in [2.24, 2.45) is 5.92 Å². The number of hydrogen-bond acceptors (Lipinski definition) is 4. The second-order valence-electron chi connectivity index (χ2n) is 6.55. The summed E-state index contributed by atoms with van der Waals surface area (Å²) in [6, 6.07) is 8.89. The summed E-state index contributed by atoms with van der Waals surface area (Å²) in [4.78, 5) is 12.1. The van der Waals surface area contributed by atoms with E-state index in [1.54, 1.807) is 6.07 Å². The number of sulfonamides is 1. The third-order valence-corrected chi connectivity index (χ3v) is 6.92. The van der Waals surface area contributed by atoms with E-state index in [0.717, 1.165) is 16.4 Å². The number of hydrogen-bond donors (Lipinski definition) is 1. The van der Waals surface area contributed by atoms with Gasteiger partial charge in [0.05, 0.1) is 15.5 Å². The van der Waals surface area contributed by atoms with Crippen LogP contribution in [0.5, 0.6) is 0 Å². The Morgan fingerprint density at radius 1 is 1.14 bits per heavy atom. The molecule has 2 aromatic rings. The van der Waals surface area contributed by atoms with E-state index in [2.05, 4.69) is 5.32 Å². The third kappa shape index (κ3) is 4.56. The van der Waals surface area contributed by atoms with Gasteiger partial charge in [-0.3, -0.25) is 4.79 Å². The maximum Gasteiger partial charge on any atom is 0.243 e. The van der Waals surface area contributed by atoms with E-state index < -0.39 is 27.6 Å². The fourth-order valence-electron chi connectivity index (χ4n) is 3.07. The van der Waals surface area contributed by atoms with Gasteiger partial charge in [-0.15, -0.1) is 0 Å². The van der Waals surface area contributed by atoms with Gasteiger partial charge in [0.1, 0.15) is 6.07 Å². The lowest BCUT2D eigenvalue weighted by Crippen LogP contribution is -2.41. The second kappa shape index (κ2) is 8.45. The Bertz CT molecular complexity index is 1090. The highest BCUT2D eigenvalue weighted by Crippen LogP contribution is 2.26. The Kier molecular flexibility index (Phi) is 6.17. The van der Waals surface area contributed by atoms with Crippen LogP contribution in [0.15, 0.2) is 41.3 Å². The van der Waals surface area contributed by atoms with Crippen molar-refractivity contribution in [1.82, 2.24) is 4.31 Å². The molecular formula is C19H16ClF2N3O3S. The lowest BCUT2D eigenvalue weighted by molar-refractivity contribution is -0.120. The quantitative estimate of drug-likeness (QED) is 0.789. The van der Waals surface area contributed by atoms with Gasteiger partial charge in [0, 0.05) is 24.7 Å². The largest absolute Gasteiger partial charge is 0.326 e. The number of halogens is 3. The van der Waals surface area contributed by atoms with Crippen LogP contribution in [0.25, 0.3) is 0 Å². The minimum atomic E-state index is -3.98. The Balaban J connectivity index is 1.63. The average Bonchev–Trinajstić information content (AvgIpc) is 2.70. The monoisotopic (exact) mass is 439 g/mol. The molecule has 0 spiro atoms. The Labute approximate surface area is 171 Å². The number of nitrogens with one attached hydrogen (secondary N) is 1. The Morgan fingerprint density at radius 2 is 1.83 bits per heavy atom. The van der Waals surface area contributed by atoms with Crippen molar-refractivity contribution in [3.63, 3.8) is 0 Å². The predicted molar refractivity (Wildman–Crippen MR) is 103 cm³/mol. The molecule has 29 heavy (non-hydrogen) atoms. The SMILES string of the molecule is N#Cc1ccc(NC(=O)C2CCN(S(=O)(=O)c3ccc(F)c(F)c3)CC2)cc1Cl. The lowest BCUT2D eigenvalue weighted by Gasteiger charge is -2.30. The van der Waals surface area contributed by atoms with E-state index in [-0.39, 0.29) is 41.8 Å². The molecule has 1 aliphatic rings. The van der Waals surface area contributed by atoms with Crippen molar-refractivity contribution >= 4 is 33.2 Å². The zero-order valence-corrected chi connectivity index (χ0v) is 16.6. The number of anilines is 1. The molecule has 3 rings (SSSR count). The van der Waals surface area contributed by atoms with E-state index in [4.69, 9.17) is 16.9 Å². The van der Waals surface area contributed by atoms with Crippen LogP contribution in [0.3, 0.4) is 0 Å². The normalized spacial score (nSPS) is 15.7. The number of amides is 1. The zero-order valence-electron chi connectivity index (χ0n) is 15.0. The van der Waals surface area contributed by atoms with E-state index in [1.165, 1.54) is 12.1 Å². The van der Waals surface area contributed by atoms with Gasteiger partial charge in [-0.05, 0) is 49.2 Å². The molecule has 0 radical (unpaired) electrons. The molecule has 0 atom stereocenters. The summed E-state index contributed by atoms with van der Waals surface area (Å²) >= 11 is 5.95. The second-order valence-corrected chi connectivity index (χ2v) is 8.90. The van der Waals surface area contributed by atoms with Crippen LogP contribution in [0.1, 0.15) is 18.4 Å². The highest BCUT2D eigenvalue weighted by Gasteiger charge is 2.32. The highest BCUT2D eigenvalue weighted by atomic mass is 35.5. The maximum atomic E-state index is 13.4. The molecule has 1 heterocycles. The fourth-order valence-corrected chi connectivity index (χ4v) is 4.78. The molecular weight excluding hydrogens is 424 g/mol. The topological polar surface area (TPSA) is 90.3 Å². The number of piperidine rings is 1. The van der Waals surface area contributed by atoms with Gasteiger partial charge < -0.3 is 5.32 Å². The molecule has 2 aromatic carbocycles. The summed E-state index contributed by atoms with van der Waals surface area (Å²) < 4.78 is 52.8. The molecule has 1 fully saturated rings. The van der Waals surface area contributed by atoms with Crippen LogP contribution < -0.4 is 5.32 Å². The number of benzene rings is 2. The summed E-state index contributed by atoms with van der Waals surface area (Å²) in [6.45, 7) is 0.154. The first-order valence-corrected chi connectivity index (χ1v) is 10.5. The van der Waals surface area contributed by atoms with Crippen LogP contribution in [0.2, 0.25) is 5.02 Å². The van der Waals surface area contributed by atoms with Crippen LogP contribution in [0, 0.1) is 28.9 Å². The lowest BCUT2D eigenvalue weighted by atomic mass is 9.97. The number of rotatable bonds is 4. The maximum absolute atomic E-state index is 13.4. The molecule has 1 amide bonds. The van der Waals surface area contributed by atoms with Gasteiger partial charge in [-0.25, -0.2) is 17.2 Å². The van der Waals surface area contributed by atoms with Crippen molar-refractivity contribution in [3.05, 3.63) is 58.6 Å². The molecule has 0 saturated carbocycles. The van der Waals surface area contributed by atoms with Crippen LogP contribution in [0.4, 0.5) is 14.5 Å². The summed E-state index contributed by atoms with van der Waals surface area (Å²) in [5.74, 6) is -3.06. The predicted octanol–water partition coefficient (Wildman–Crippen LogP) is 3.53. The smallest absolute Gasteiger partial charge is 0.243 e. The van der Waals surface area contributed by atoms with Crippen molar-refractivity contribution in [3.8, 4) is 6.07 Å². The average molecular weight is 440 g/mol. The molecule has 0 aromatic heterocycles. The van der Waals surface area contributed by atoms with Crippen molar-refractivity contribution in [2.45, 2.75) is 17.7 Å². The number of nitrogens with zero attached hydrogens (tertiary/aromatic N) is 2. The molecule has 1 aliphatic heterocycles. The molecule has 6 nitrogen and oxygen atoms in total. The van der Waals surface area contributed by atoms with Crippen LogP contribution in [-0.2, 0) is 14.8 Å². The minimum Gasteiger partial charge on any atom is -0.326 e. The van der Waals surface area contributed by atoms with Crippen molar-refractivity contribution < 1.29 is 22.0 Å². The Hall–Kier alpha value is -2.54. The summed E-state index contributed by atoms with van der Waals surface area (Å²) in [5.41, 5.74) is 0.733. The van der Waals surface area contributed by atoms with E-state index in [1.807, 2.05) is 6.07 Å². The molecule has 0 bridgehead atoms.